The number of allylic oxidation sites excluding steroid dienone is 2. The molecule has 0 unspecified atom stereocenters. The van der Waals surface area contributed by atoms with Gasteiger partial charge in [0.15, 0.2) is 0 Å². The van der Waals surface area contributed by atoms with Crippen molar-refractivity contribution in [3.05, 3.63) is 70.8 Å². The van der Waals surface area contributed by atoms with E-state index in [1.165, 1.54) is 22.3 Å². The maximum atomic E-state index is 2.27. The molecule has 0 spiro atoms. The van der Waals surface area contributed by atoms with Gasteiger partial charge in [0.25, 0.3) is 0 Å². The van der Waals surface area contributed by atoms with Gasteiger partial charge in [0.05, 0.1) is 0 Å². The van der Waals surface area contributed by atoms with Crippen molar-refractivity contribution in [1.29, 1.82) is 0 Å². The maximum absolute atomic E-state index is 2.27. The zero-order chi connectivity index (χ0) is 10.5. The van der Waals surface area contributed by atoms with E-state index < -0.39 is 0 Å². The highest BCUT2D eigenvalue weighted by Crippen LogP contribution is 2.45. The largest absolute Gasteiger partial charge is 0.0619 e. The Kier molecular flexibility index (Phi) is 1.49. The van der Waals surface area contributed by atoms with Gasteiger partial charge >= 0.3 is 0 Å². The van der Waals surface area contributed by atoms with Crippen LogP contribution in [0, 0.1) is 0 Å². The molecule has 0 N–H and O–H groups in total. The van der Waals surface area contributed by atoms with Crippen LogP contribution in [0.1, 0.15) is 22.3 Å². The molecule has 4 rings (SSSR count). The van der Waals surface area contributed by atoms with Crippen molar-refractivity contribution in [3.63, 3.8) is 0 Å². The Labute approximate surface area is 95.2 Å². The zero-order valence-corrected chi connectivity index (χ0v) is 9.03. The zero-order valence-electron chi connectivity index (χ0n) is 9.03. The smallest absolute Gasteiger partial charge is 0.00106 e. The number of hydrogen-bond acceptors (Lipinski definition) is 0. The molecule has 0 atom stereocenters. The number of rotatable bonds is 0. The minimum absolute atomic E-state index is 1.13. The average Bonchev–Trinajstić information content (AvgIpc) is 2.85. The van der Waals surface area contributed by atoms with Crippen LogP contribution in [0.4, 0.5) is 0 Å². The second-order valence-electron chi connectivity index (χ2n) is 4.62. The van der Waals surface area contributed by atoms with Crippen LogP contribution in [0.15, 0.2) is 48.5 Å². The van der Waals surface area contributed by atoms with Crippen LogP contribution in [0.25, 0.3) is 11.1 Å². The first-order chi connectivity index (χ1) is 7.93. The molecule has 0 fully saturated rings. The van der Waals surface area contributed by atoms with Crippen LogP contribution < -0.4 is 0 Å². The summed E-state index contributed by atoms with van der Waals surface area (Å²) in [5.41, 5.74) is 9.10. The Morgan fingerprint density at radius 1 is 0.562 bits per heavy atom. The molecule has 2 aromatic rings. The number of fused-ring (bicyclic) bond motifs is 4. The molecule has 0 saturated heterocycles. The first-order valence-electron chi connectivity index (χ1n) is 5.82. The summed E-state index contributed by atoms with van der Waals surface area (Å²) in [4.78, 5) is 0. The van der Waals surface area contributed by atoms with Gasteiger partial charge in [-0.2, -0.15) is 0 Å². The fraction of sp³-hybridized carbons (Fsp3) is 0.125. The normalized spacial score (nSPS) is 16.0. The van der Waals surface area contributed by atoms with Crippen LogP contribution >= 0.6 is 0 Å². The average molecular weight is 204 g/mol. The highest BCUT2D eigenvalue weighted by Gasteiger charge is 2.28. The van der Waals surface area contributed by atoms with E-state index in [4.69, 9.17) is 0 Å². The van der Waals surface area contributed by atoms with E-state index in [0.717, 1.165) is 12.8 Å². The number of benzene rings is 2. The summed E-state index contributed by atoms with van der Waals surface area (Å²) < 4.78 is 0. The Hall–Kier alpha value is -1.82. The summed E-state index contributed by atoms with van der Waals surface area (Å²) >= 11 is 0. The minimum Gasteiger partial charge on any atom is -0.0619 e. The Bertz CT molecular complexity index is 562. The van der Waals surface area contributed by atoms with Gasteiger partial charge in [0.2, 0.25) is 0 Å². The van der Waals surface area contributed by atoms with Crippen molar-refractivity contribution >= 4 is 11.1 Å². The molecule has 0 aromatic heterocycles. The van der Waals surface area contributed by atoms with Gasteiger partial charge in [-0.15, -0.1) is 0 Å². The highest BCUT2D eigenvalue weighted by atomic mass is 14.3. The van der Waals surface area contributed by atoms with E-state index in [-0.39, 0.29) is 0 Å². The minimum atomic E-state index is 1.13. The molecule has 0 bridgehead atoms. The van der Waals surface area contributed by atoms with Gasteiger partial charge in [0.1, 0.15) is 0 Å². The van der Waals surface area contributed by atoms with Gasteiger partial charge in [-0.3, -0.25) is 0 Å². The first kappa shape index (κ1) is 8.35. The van der Waals surface area contributed by atoms with Crippen LogP contribution in [0.5, 0.6) is 0 Å². The van der Waals surface area contributed by atoms with E-state index in [9.17, 15) is 0 Å². The van der Waals surface area contributed by atoms with Crippen molar-refractivity contribution in [2.45, 2.75) is 12.8 Å². The van der Waals surface area contributed by atoms with Crippen molar-refractivity contribution < 1.29 is 0 Å². The molecule has 0 heteroatoms. The van der Waals surface area contributed by atoms with Gasteiger partial charge in [0, 0.05) is 0 Å². The van der Waals surface area contributed by atoms with E-state index in [0.29, 0.717) is 0 Å². The third-order valence-corrected chi connectivity index (χ3v) is 3.78. The lowest BCUT2D eigenvalue weighted by molar-refractivity contribution is 1.26. The summed E-state index contributed by atoms with van der Waals surface area (Å²) in [5, 5.41) is 0. The van der Waals surface area contributed by atoms with Crippen LogP contribution in [-0.2, 0) is 12.8 Å². The third kappa shape index (κ3) is 0.943. The monoisotopic (exact) mass is 204 g/mol. The van der Waals surface area contributed by atoms with Crippen LogP contribution in [-0.4, -0.2) is 0 Å². The molecule has 0 heterocycles. The highest BCUT2D eigenvalue weighted by molar-refractivity contribution is 6.02. The SMILES string of the molecule is c1ccc2c(c1)CC1=C2Cc2ccccc21. The van der Waals surface area contributed by atoms with Crippen molar-refractivity contribution in [2.75, 3.05) is 0 Å². The molecule has 76 valence electrons. The summed E-state index contributed by atoms with van der Waals surface area (Å²) in [6.45, 7) is 0. The van der Waals surface area contributed by atoms with Gasteiger partial charge < -0.3 is 0 Å². The van der Waals surface area contributed by atoms with Gasteiger partial charge in [-0.25, -0.2) is 0 Å². The molecular formula is C16H12. The van der Waals surface area contributed by atoms with Crippen molar-refractivity contribution in [2.24, 2.45) is 0 Å². The second-order valence-corrected chi connectivity index (χ2v) is 4.62. The topological polar surface area (TPSA) is 0 Å². The lowest BCUT2D eigenvalue weighted by atomic mass is 9.99. The first-order valence-corrected chi connectivity index (χ1v) is 5.82. The molecule has 0 radical (unpaired) electrons. The Morgan fingerprint density at radius 2 is 1.00 bits per heavy atom. The Balaban J connectivity index is 1.93. The van der Waals surface area contributed by atoms with Gasteiger partial charge in [-0.05, 0) is 46.2 Å². The molecule has 2 aromatic carbocycles. The van der Waals surface area contributed by atoms with Crippen LogP contribution in [0.3, 0.4) is 0 Å². The summed E-state index contributed by atoms with van der Waals surface area (Å²) in [6, 6.07) is 17.6. The standard InChI is InChI=1S/C16H12/c1-3-7-13-11(5-1)9-15-14-8-4-2-6-12(14)10-16(13)15/h1-8H,9-10H2. The fourth-order valence-electron chi connectivity index (χ4n) is 3.05. The lowest BCUT2D eigenvalue weighted by Crippen LogP contribution is -1.90. The second kappa shape index (κ2) is 2.85. The van der Waals surface area contributed by atoms with E-state index in [1.807, 2.05) is 0 Å². The summed E-state index contributed by atoms with van der Waals surface area (Å²) in [6.07, 6.45) is 2.26. The van der Waals surface area contributed by atoms with Crippen molar-refractivity contribution in [3.8, 4) is 0 Å². The molecule has 2 aliphatic rings. The molecule has 0 nitrogen and oxygen atoms in total. The predicted molar refractivity (Wildman–Crippen MR) is 67.1 cm³/mol. The number of hydrogen-bond donors (Lipinski definition) is 0. The Morgan fingerprint density at radius 3 is 1.50 bits per heavy atom. The molecular weight excluding hydrogens is 192 g/mol. The van der Waals surface area contributed by atoms with E-state index in [2.05, 4.69) is 48.5 Å². The molecule has 0 saturated carbocycles. The molecule has 0 aliphatic heterocycles. The predicted octanol–water partition coefficient (Wildman–Crippen LogP) is 3.71. The maximum Gasteiger partial charge on any atom is -0.00106 e. The fourth-order valence-corrected chi connectivity index (χ4v) is 3.05. The van der Waals surface area contributed by atoms with Gasteiger partial charge in [-0.1, -0.05) is 48.5 Å². The molecule has 0 amide bonds. The lowest BCUT2D eigenvalue weighted by Gasteiger charge is -2.05. The van der Waals surface area contributed by atoms with E-state index in [1.54, 1.807) is 11.1 Å². The summed E-state index contributed by atoms with van der Waals surface area (Å²) in [7, 11) is 0. The molecule has 16 heavy (non-hydrogen) atoms. The molecule has 2 aliphatic carbocycles. The van der Waals surface area contributed by atoms with Crippen LogP contribution in [0.2, 0.25) is 0 Å². The third-order valence-electron chi connectivity index (χ3n) is 3.78. The van der Waals surface area contributed by atoms with Crippen molar-refractivity contribution in [1.82, 2.24) is 0 Å². The van der Waals surface area contributed by atoms with E-state index >= 15 is 0 Å². The summed E-state index contributed by atoms with van der Waals surface area (Å²) in [5.74, 6) is 0. The quantitative estimate of drug-likeness (QED) is 0.613.